The fraction of sp³-hybridized carbons (Fsp3) is 0.857. The van der Waals surface area contributed by atoms with Gasteiger partial charge in [-0.05, 0) is 20.3 Å². The van der Waals surface area contributed by atoms with Gasteiger partial charge in [-0.2, -0.15) is 0 Å². The number of hydrogen-bond donors (Lipinski definition) is 0. The van der Waals surface area contributed by atoms with E-state index in [4.69, 9.17) is 4.74 Å². The average Bonchev–Trinajstić information content (AvgIpc) is 2.20. The minimum atomic E-state index is 0.790. The third-order valence-corrected chi connectivity index (χ3v) is 2.50. The number of ether oxygens (including phenoxy) is 1. The Hall–Kier alpha value is -0.300. The molecule has 0 bridgehead atoms. The van der Waals surface area contributed by atoms with Crippen LogP contribution in [0.1, 0.15) is 65.7 Å². The van der Waals surface area contributed by atoms with E-state index in [1.54, 1.807) is 0 Å². The van der Waals surface area contributed by atoms with Crippen molar-refractivity contribution < 1.29 is 4.74 Å². The summed E-state index contributed by atoms with van der Waals surface area (Å²) < 4.78 is 5.50. The molecule has 0 unspecified atom stereocenters. The highest BCUT2D eigenvalue weighted by Crippen LogP contribution is 2.06. The molecule has 0 N–H and O–H groups in total. The van der Waals surface area contributed by atoms with Crippen LogP contribution in [0.25, 0.3) is 0 Å². The molecule has 0 saturated carbocycles. The smallest absolute Gasteiger partial charge is 0.0649 e. The molecular weight excluding hydrogens is 184 g/mol. The molecule has 90 valence electrons. The maximum Gasteiger partial charge on any atom is 0.0649 e. The third kappa shape index (κ3) is 13.7. The van der Waals surface area contributed by atoms with Crippen molar-refractivity contribution in [2.45, 2.75) is 65.7 Å². The van der Waals surface area contributed by atoms with Crippen LogP contribution in [0.3, 0.4) is 0 Å². The van der Waals surface area contributed by atoms with Crippen molar-refractivity contribution in [1.29, 1.82) is 0 Å². The highest BCUT2D eigenvalue weighted by molar-refractivity contribution is 4.92. The summed E-state index contributed by atoms with van der Waals surface area (Å²) in [5, 5.41) is 0. The van der Waals surface area contributed by atoms with Gasteiger partial charge in [0, 0.05) is 6.61 Å². The number of rotatable bonds is 10. The molecule has 0 aromatic rings. The SMILES string of the molecule is CCCCCCCCCOCC=C(C)C. The molecule has 0 radical (unpaired) electrons. The molecule has 1 heteroatoms. The molecule has 0 spiro atoms. The lowest BCUT2D eigenvalue weighted by Crippen LogP contribution is -1.94. The first-order chi connectivity index (χ1) is 7.27. The van der Waals surface area contributed by atoms with Crippen molar-refractivity contribution >= 4 is 0 Å². The van der Waals surface area contributed by atoms with Crippen molar-refractivity contribution in [2.75, 3.05) is 13.2 Å². The number of unbranched alkanes of at least 4 members (excludes halogenated alkanes) is 6. The van der Waals surface area contributed by atoms with Gasteiger partial charge >= 0.3 is 0 Å². The van der Waals surface area contributed by atoms with E-state index in [2.05, 4.69) is 26.8 Å². The molecule has 0 aromatic carbocycles. The summed E-state index contributed by atoms with van der Waals surface area (Å²) in [5.74, 6) is 0. The molecule has 0 aromatic heterocycles. The van der Waals surface area contributed by atoms with Gasteiger partial charge in [-0.3, -0.25) is 0 Å². The third-order valence-electron chi connectivity index (χ3n) is 2.50. The van der Waals surface area contributed by atoms with Gasteiger partial charge < -0.3 is 4.74 Å². The molecule has 0 heterocycles. The fourth-order valence-electron chi connectivity index (χ4n) is 1.47. The van der Waals surface area contributed by atoms with E-state index in [-0.39, 0.29) is 0 Å². The van der Waals surface area contributed by atoms with Crippen molar-refractivity contribution in [3.63, 3.8) is 0 Å². The first-order valence-corrected chi connectivity index (χ1v) is 6.48. The van der Waals surface area contributed by atoms with Crippen molar-refractivity contribution in [3.8, 4) is 0 Å². The normalized spacial score (nSPS) is 10.3. The number of allylic oxidation sites excluding steroid dienone is 1. The van der Waals surface area contributed by atoms with Gasteiger partial charge in [0.25, 0.3) is 0 Å². The second-order valence-electron chi connectivity index (χ2n) is 4.48. The van der Waals surface area contributed by atoms with Gasteiger partial charge in [0.15, 0.2) is 0 Å². The van der Waals surface area contributed by atoms with Gasteiger partial charge in [-0.25, -0.2) is 0 Å². The maximum atomic E-state index is 5.50. The highest BCUT2D eigenvalue weighted by atomic mass is 16.5. The molecule has 15 heavy (non-hydrogen) atoms. The first kappa shape index (κ1) is 14.7. The predicted molar refractivity (Wildman–Crippen MR) is 68.2 cm³/mol. The van der Waals surface area contributed by atoms with E-state index in [9.17, 15) is 0 Å². The van der Waals surface area contributed by atoms with E-state index < -0.39 is 0 Å². The van der Waals surface area contributed by atoms with Gasteiger partial charge in [-0.15, -0.1) is 0 Å². The molecule has 0 saturated heterocycles. The van der Waals surface area contributed by atoms with Crippen LogP contribution in [0.5, 0.6) is 0 Å². The van der Waals surface area contributed by atoms with E-state index in [1.807, 2.05) is 0 Å². The quantitative estimate of drug-likeness (QED) is 0.376. The zero-order chi connectivity index (χ0) is 11.4. The molecule has 0 aliphatic rings. The Labute approximate surface area is 95.9 Å². The van der Waals surface area contributed by atoms with Crippen LogP contribution in [0, 0.1) is 0 Å². The van der Waals surface area contributed by atoms with E-state index in [0.29, 0.717) is 0 Å². The van der Waals surface area contributed by atoms with Crippen molar-refractivity contribution in [2.24, 2.45) is 0 Å². The molecule has 0 aliphatic carbocycles. The molecule has 0 aliphatic heterocycles. The van der Waals surface area contributed by atoms with Gasteiger partial charge in [0.1, 0.15) is 0 Å². The Morgan fingerprint density at radius 3 is 2.13 bits per heavy atom. The number of hydrogen-bond acceptors (Lipinski definition) is 1. The zero-order valence-corrected chi connectivity index (χ0v) is 10.8. The summed E-state index contributed by atoms with van der Waals surface area (Å²) in [6, 6.07) is 0. The van der Waals surface area contributed by atoms with Crippen LogP contribution in [0.4, 0.5) is 0 Å². The van der Waals surface area contributed by atoms with E-state index >= 15 is 0 Å². The summed E-state index contributed by atoms with van der Waals surface area (Å²) in [6.07, 6.45) is 11.6. The Morgan fingerprint density at radius 1 is 0.933 bits per heavy atom. The van der Waals surface area contributed by atoms with Gasteiger partial charge in [0.05, 0.1) is 6.61 Å². The fourth-order valence-corrected chi connectivity index (χ4v) is 1.47. The van der Waals surface area contributed by atoms with Gasteiger partial charge in [-0.1, -0.05) is 57.1 Å². The van der Waals surface area contributed by atoms with Crippen LogP contribution >= 0.6 is 0 Å². The zero-order valence-electron chi connectivity index (χ0n) is 10.8. The minimum absolute atomic E-state index is 0.790. The Kier molecular flexibility index (Phi) is 11.5. The monoisotopic (exact) mass is 212 g/mol. The summed E-state index contributed by atoms with van der Waals surface area (Å²) in [7, 11) is 0. The predicted octanol–water partition coefficient (Wildman–Crippen LogP) is 4.72. The van der Waals surface area contributed by atoms with Crippen LogP contribution in [-0.2, 0) is 4.74 Å². The van der Waals surface area contributed by atoms with Crippen LogP contribution in [0.15, 0.2) is 11.6 Å². The maximum absolute atomic E-state index is 5.50. The molecule has 0 rings (SSSR count). The molecular formula is C14H28O. The van der Waals surface area contributed by atoms with E-state index in [0.717, 1.165) is 13.2 Å². The Morgan fingerprint density at radius 2 is 1.53 bits per heavy atom. The summed E-state index contributed by atoms with van der Waals surface area (Å²) in [4.78, 5) is 0. The summed E-state index contributed by atoms with van der Waals surface area (Å²) >= 11 is 0. The van der Waals surface area contributed by atoms with Crippen LogP contribution in [0.2, 0.25) is 0 Å². The lowest BCUT2D eigenvalue weighted by molar-refractivity contribution is 0.156. The molecule has 1 nitrogen and oxygen atoms in total. The standard InChI is InChI=1S/C14H28O/c1-4-5-6-7-8-9-10-12-15-13-11-14(2)3/h11H,4-10,12-13H2,1-3H3. The largest absolute Gasteiger partial charge is 0.377 e. The summed E-state index contributed by atoms with van der Waals surface area (Å²) in [6.45, 7) is 8.20. The second kappa shape index (κ2) is 11.8. The first-order valence-electron chi connectivity index (χ1n) is 6.48. The second-order valence-corrected chi connectivity index (χ2v) is 4.48. The molecule has 0 amide bonds. The summed E-state index contributed by atoms with van der Waals surface area (Å²) in [5.41, 5.74) is 1.34. The average molecular weight is 212 g/mol. The van der Waals surface area contributed by atoms with Crippen LogP contribution < -0.4 is 0 Å². The Bertz CT molecular complexity index is 145. The molecule has 0 fully saturated rings. The van der Waals surface area contributed by atoms with E-state index in [1.165, 1.54) is 50.5 Å². The van der Waals surface area contributed by atoms with Gasteiger partial charge in [0.2, 0.25) is 0 Å². The highest BCUT2D eigenvalue weighted by Gasteiger charge is 1.90. The minimum Gasteiger partial charge on any atom is -0.377 e. The topological polar surface area (TPSA) is 9.23 Å². The lowest BCUT2D eigenvalue weighted by Gasteiger charge is -2.02. The molecule has 0 atom stereocenters. The van der Waals surface area contributed by atoms with Crippen molar-refractivity contribution in [3.05, 3.63) is 11.6 Å². The van der Waals surface area contributed by atoms with Crippen molar-refractivity contribution in [1.82, 2.24) is 0 Å². The Balaban J connectivity index is 2.96. The van der Waals surface area contributed by atoms with Crippen LogP contribution in [-0.4, -0.2) is 13.2 Å². The lowest BCUT2D eigenvalue weighted by atomic mass is 10.1.